The molecular weight excluding hydrogens is 126 g/mol. The van der Waals surface area contributed by atoms with Gasteiger partial charge in [-0.25, -0.2) is 0 Å². The number of likely N-dealkylation sites (tertiary alicyclic amines) is 1. The van der Waals surface area contributed by atoms with Gasteiger partial charge < -0.3 is 4.90 Å². The van der Waals surface area contributed by atoms with Gasteiger partial charge in [0.15, 0.2) is 0 Å². The lowest BCUT2D eigenvalue weighted by Gasteiger charge is -2.35. The molecule has 0 aliphatic carbocycles. The first kappa shape index (κ1) is 7.58. The smallest absolute Gasteiger partial charge is 0.210 e. The molecule has 0 unspecified atom stereocenters. The van der Waals surface area contributed by atoms with Gasteiger partial charge in [0, 0.05) is 12.1 Å². The highest BCUT2D eigenvalue weighted by Gasteiger charge is 2.22. The van der Waals surface area contributed by atoms with Crippen LogP contribution in [0.3, 0.4) is 0 Å². The molecule has 0 N–H and O–H groups in total. The molecule has 1 heterocycles. The summed E-state index contributed by atoms with van der Waals surface area (Å²) in [5, 5.41) is 0. The second-order valence-electron chi connectivity index (χ2n) is 3.18. The molecular formula is C8H15NO. The Hall–Kier alpha value is -0.530. The van der Waals surface area contributed by atoms with Gasteiger partial charge in [-0.2, -0.15) is 0 Å². The maximum absolute atomic E-state index is 10.5. The Balaban J connectivity index is 2.53. The first-order valence-corrected chi connectivity index (χ1v) is 3.98. The molecule has 0 aromatic carbocycles. The third-order valence-electron chi connectivity index (χ3n) is 2.38. The van der Waals surface area contributed by atoms with Crippen molar-refractivity contribution >= 4 is 6.41 Å². The Morgan fingerprint density at radius 3 is 2.10 bits per heavy atom. The molecule has 1 aliphatic rings. The SMILES string of the molecule is C[C@@H]1CCC[C@@H](C)N1C=O. The lowest BCUT2D eigenvalue weighted by atomic mass is 9.99. The number of nitrogens with zero attached hydrogens (tertiary/aromatic N) is 1. The molecule has 0 aromatic rings. The summed E-state index contributed by atoms with van der Waals surface area (Å²) in [6.07, 6.45) is 4.59. The van der Waals surface area contributed by atoms with Gasteiger partial charge in [-0.15, -0.1) is 0 Å². The minimum absolute atomic E-state index is 0.459. The van der Waals surface area contributed by atoms with Gasteiger partial charge in [0.25, 0.3) is 0 Å². The molecule has 2 nitrogen and oxygen atoms in total. The minimum atomic E-state index is 0.459. The number of hydrogen-bond donors (Lipinski definition) is 0. The van der Waals surface area contributed by atoms with Crippen LogP contribution in [0.2, 0.25) is 0 Å². The fourth-order valence-electron chi connectivity index (χ4n) is 1.65. The monoisotopic (exact) mass is 141 g/mol. The van der Waals surface area contributed by atoms with Crippen LogP contribution < -0.4 is 0 Å². The summed E-state index contributed by atoms with van der Waals surface area (Å²) >= 11 is 0. The zero-order chi connectivity index (χ0) is 7.56. The molecule has 1 fully saturated rings. The van der Waals surface area contributed by atoms with Crippen molar-refractivity contribution in [1.29, 1.82) is 0 Å². The van der Waals surface area contributed by atoms with Crippen LogP contribution in [0.4, 0.5) is 0 Å². The zero-order valence-corrected chi connectivity index (χ0v) is 6.71. The van der Waals surface area contributed by atoms with Gasteiger partial charge >= 0.3 is 0 Å². The van der Waals surface area contributed by atoms with Crippen molar-refractivity contribution in [3.8, 4) is 0 Å². The van der Waals surface area contributed by atoms with Gasteiger partial charge in [0.1, 0.15) is 0 Å². The van der Waals surface area contributed by atoms with Gasteiger partial charge in [0.05, 0.1) is 0 Å². The summed E-state index contributed by atoms with van der Waals surface area (Å²) in [5.74, 6) is 0. The predicted octanol–water partition coefficient (Wildman–Crippen LogP) is 1.41. The van der Waals surface area contributed by atoms with E-state index in [4.69, 9.17) is 0 Å². The second-order valence-corrected chi connectivity index (χ2v) is 3.18. The highest BCUT2D eigenvalue weighted by atomic mass is 16.1. The highest BCUT2D eigenvalue weighted by Crippen LogP contribution is 2.19. The van der Waals surface area contributed by atoms with Crippen molar-refractivity contribution in [2.45, 2.75) is 45.2 Å². The Kier molecular flexibility index (Phi) is 2.30. The molecule has 58 valence electrons. The summed E-state index contributed by atoms with van der Waals surface area (Å²) in [7, 11) is 0. The van der Waals surface area contributed by atoms with Crippen LogP contribution in [-0.4, -0.2) is 23.4 Å². The summed E-state index contributed by atoms with van der Waals surface area (Å²) in [5.41, 5.74) is 0. The van der Waals surface area contributed by atoms with Crippen molar-refractivity contribution in [3.05, 3.63) is 0 Å². The van der Waals surface area contributed by atoms with Gasteiger partial charge in [-0.1, -0.05) is 0 Å². The second kappa shape index (κ2) is 3.04. The molecule has 0 radical (unpaired) electrons. The fourth-order valence-corrected chi connectivity index (χ4v) is 1.65. The van der Waals surface area contributed by atoms with Crippen LogP contribution >= 0.6 is 0 Å². The Labute approximate surface area is 62.2 Å². The number of piperidine rings is 1. The fraction of sp³-hybridized carbons (Fsp3) is 0.875. The lowest BCUT2D eigenvalue weighted by Crippen LogP contribution is -2.42. The van der Waals surface area contributed by atoms with Crippen LogP contribution in [0.15, 0.2) is 0 Å². The molecule has 2 atom stereocenters. The van der Waals surface area contributed by atoms with Crippen molar-refractivity contribution in [1.82, 2.24) is 4.90 Å². The van der Waals surface area contributed by atoms with Gasteiger partial charge in [-0.05, 0) is 33.1 Å². The maximum Gasteiger partial charge on any atom is 0.210 e. The van der Waals surface area contributed by atoms with Crippen LogP contribution in [0.1, 0.15) is 33.1 Å². The largest absolute Gasteiger partial charge is 0.340 e. The summed E-state index contributed by atoms with van der Waals surface area (Å²) in [6, 6.07) is 0.919. The molecule has 0 bridgehead atoms. The average molecular weight is 141 g/mol. The predicted molar refractivity (Wildman–Crippen MR) is 40.7 cm³/mol. The van der Waals surface area contributed by atoms with Crippen LogP contribution in [0, 0.1) is 0 Å². The summed E-state index contributed by atoms with van der Waals surface area (Å²) in [4.78, 5) is 12.4. The standard InChI is InChI=1S/C8H15NO/c1-7-4-3-5-8(2)9(7)6-10/h6-8H,3-5H2,1-2H3/t7-,8-/m1/s1. The van der Waals surface area contributed by atoms with E-state index >= 15 is 0 Å². The maximum atomic E-state index is 10.5. The van der Waals surface area contributed by atoms with E-state index in [-0.39, 0.29) is 0 Å². The molecule has 1 saturated heterocycles. The van der Waals surface area contributed by atoms with E-state index < -0.39 is 0 Å². The van der Waals surface area contributed by atoms with Crippen molar-refractivity contribution < 1.29 is 4.79 Å². The van der Waals surface area contributed by atoms with E-state index in [2.05, 4.69) is 13.8 Å². The van der Waals surface area contributed by atoms with E-state index in [1.165, 1.54) is 19.3 Å². The molecule has 0 aromatic heterocycles. The van der Waals surface area contributed by atoms with E-state index in [0.29, 0.717) is 12.1 Å². The summed E-state index contributed by atoms with van der Waals surface area (Å²) in [6.45, 7) is 4.23. The van der Waals surface area contributed by atoms with Gasteiger partial charge in [-0.3, -0.25) is 4.79 Å². The number of carbonyl (C=O) groups excluding carboxylic acids is 1. The van der Waals surface area contributed by atoms with Crippen molar-refractivity contribution in [2.24, 2.45) is 0 Å². The zero-order valence-electron chi connectivity index (χ0n) is 6.71. The molecule has 2 heteroatoms. The summed E-state index contributed by atoms with van der Waals surface area (Å²) < 4.78 is 0. The molecule has 1 aliphatic heterocycles. The topological polar surface area (TPSA) is 20.3 Å². The van der Waals surface area contributed by atoms with E-state index in [1.54, 1.807) is 0 Å². The lowest BCUT2D eigenvalue weighted by molar-refractivity contribution is -0.123. The normalized spacial score (nSPS) is 34.0. The minimum Gasteiger partial charge on any atom is -0.340 e. The van der Waals surface area contributed by atoms with Crippen LogP contribution in [-0.2, 0) is 4.79 Å². The quantitative estimate of drug-likeness (QED) is 0.505. The van der Waals surface area contributed by atoms with Crippen LogP contribution in [0.25, 0.3) is 0 Å². The number of hydrogen-bond acceptors (Lipinski definition) is 1. The number of rotatable bonds is 1. The highest BCUT2D eigenvalue weighted by molar-refractivity contribution is 5.48. The number of carbonyl (C=O) groups is 1. The average Bonchev–Trinajstić information content (AvgIpc) is 1.88. The molecule has 1 amide bonds. The Morgan fingerprint density at radius 2 is 1.80 bits per heavy atom. The number of amides is 1. The molecule has 1 rings (SSSR count). The first-order chi connectivity index (χ1) is 4.75. The molecule has 10 heavy (non-hydrogen) atoms. The Bertz CT molecular complexity index is 114. The van der Waals surface area contributed by atoms with Gasteiger partial charge in [0.2, 0.25) is 6.41 Å². The van der Waals surface area contributed by atoms with E-state index in [0.717, 1.165) is 6.41 Å². The van der Waals surface area contributed by atoms with E-state index in [1.807, 2.05) is 4.90 Å². The van der Waals surface area contributed by atoms with E-state index in [9.17, 15) is 4.79 Å². The Morgan fingerprint density at radius 1 is 1.30 bits per heavy atom. The van der Waals surface area contributed by atoms with Crippen molar-refractivity contribution in [2.75, 3.05) is 0 Å². The third kappa shape index (κ3) is 1.31. The van der Waals surface area contributed by atoms with Crippen LogP contribution in [0.5, 0.6) is 0 Å². The third-order valence-corrected chi connectivity index (χ3v) is 2.38. The van der Waals surface area contributed by atoms with Crippen molar-refractivity contribution in [3.63, 3.8) is 0 Å². The molecule has 0 spiro atoms. The first-order valence-electron chi connectivity index (χ1n) is 3.98. The molecule has 0 saturated carbocycles.